The van der Waals surface area contributed by atoms with E-state index in [4.69, 9.17) is 0 Å². The summed E-state index contributed by atoms with van der Waals surface area (Å²) in [5, 5.41) is 6.83. The van der Waals surface area contributed by atoms with Crippen molar-refractivity contribution in [2.45, 2.75) is 31.7 Å². The van der Waals surface area contributed by atoms with Crippen molar-refractivity contribution in [2.24, 2.45) is 0 Å². The molecule has 98 valence electrons. The first-order valence-corrected chi connectivity index (χ1v) is 6.96. The van der Waals surface area contributed by atoms with E-state index in [1.165, 1.54) is 25.7 Å². The van der Waals surface area contributed by atoms with Gasteiger partial charge in [0.2, 0.25) is 0 Å². The molecule has 0 saturated carbocycles. The Labute approximate surface area is 108 Å². The summed E-state index contributed by atoms with van der Waals surface area (Å²) in [5.41, 5.74) is 0. The van der Waals surface area contributed by atoms with E-state index in [2.05, 4.69) is 31.6 Å². The summed E-state index contributed by atoms with van der Waals surface area (Å²) in [6.45, 7) is 4.38. The molecule has 3 heterocycles. The molecule has 1 atom stereocenters. The SMILES string of the molecule is c1nc(NC2CCNC2)cc(N2CCCCC2)n1. The van der Waals surface area contributed by atoms with E-state index in [0.29, 0.717) is 6.04 Å². The van der Waals surface area contributed by atoms with E-state index in [0.717, 1.165) is 37.8 Å². The molecule has 0 amide bonds. The van der Waals surface area contributed by atoms with Gasteiger partial charge < -0.3 is 15.5 Å². The van der Waals surface area contributed by atoms with Gasteiger partial charge in [-0.2, -0.15) is 0 Å². The van der Waals surface area contributed by atoms with E-state index >= 15 is 0 Å². The standard InChI is InChI=1S/C13H21N5/c1-2-6-18(7-3-1)13-8-12(15-10-16-13)17-11-4-5-14-9-11/h8,10-11,14H,1-7,9H2,(H,15,16,17). The second-order valence-corrected chi connectivity index (χ2v) is 5.14. The van der Waals surface area contributed by atoms with Crippen molar-refractivity contribution in [3.8, 4) is 0 Å². The van der Waals surface area contributed by atoms with Gasteiger partial charge in [0, 0.05) is 31.7 Å². The molecule has 1 aromatic rings. The third kappa shape index (κ3) is 2.72. The van der Waals surface area contributed by atoms with Crippen molar-refractivity contribution in [3.05, 3.63) is 12.4 Å². The van der Waals surface area contributed by atoms with Crippen LogP contribution in [0.5, 0.6) is 0 Å². The molecular formula is C13H21N5. The molecule has 5 nitrogen and oxygen atoms in total. The molecule has 2 aliphatic rings. The van der Waals surface area contributed by atoms with Gasteiger partial charge >= 0.3 is 0 Å². The molecule has 3 rings (SSSR count). The number of hydrogen-bond donors (Lipinski definition) is 2. The first-order valence-electron chi connectivity index (χ1n) is 6.96. The van der Waals surface area contributed by atoms with Gasteiger partial charge in [-0.3, -0.25) is 0 Å². The van der Waals surface area contributed by atoms with Gasteiger partial charge in [-0.25, -0.2) is 9.97 Å². The molecule has 0 aromatic carbocycles. The molecule has 2 aliphatic heterocycles. The fourth-order valence-electron chi connectivity index (χ4n) is 2.71. The van der Waals surface area contributed by atoms with Crippen LogP contribution in [-0.2, 0) is 0 Å². The Morgan fingerprint density at radius 2 is 2.11 bits per heavy atom. The second kappa shape index (κ2) is 5.52. The maximum atomic E-state index is 4.40. The van der Waals surface area contributed by atoms with Gasteiger partial charge in [-0.15, -0.1) is 0 Å². The zero-order valence-corrected chi connectivity index (χ0v) is 10.7. The predicted octanol–water partition coefficient (Wildman–Crippen LogP) is 1.24. The maximum Gasteiger partial charge on any atom is 0.134 e. The highest BCUT2D eigenvalue weighted by Crippen LogP contribution is 2.19. The minimum absolute atomic E-state index is 0.508. The van der Waals surface area contributed by atoms with Crippen LogP contribution in [0.15, 0.2) is 12.4 Å². The number of hydrogen-bond acceptors (Lipinski definition) is 5. The minimum Gasteiger partial charge on any atom is -0.366 e. The summed E-state index contributed by atoms with van der Waals surface area (Å²) < 4.78 is 0. The van der Waals surface area contributed by atoms with Crippen LogP contribution in [0.2, 0.25) is 0 Å². The summed E-state index contributed by atoms with van der Waals surface area (Å²) in [6.07, 6.45) is 6.75. The number of nitrogens with one attached hydrogen (secondary N) is 2. The van der Waals surface area contributed by atoms with E-state index < -0.39 is 0 Å². The molecule has 0 bridgehead atoms. The first-order chi connectivity index (χ1) is 8.92. The van der Waals surface area contributed by atoms with Crippen LogP contribution in [0.4, 0.5) is 11.6 Å². The van der Waals surface area contributed by atoms with Crippen LogP contribution in [0.1, 0.15) is 25.7 Å². The third-order valence-electron chi connectivity index (χ3n) is 3.75. The molecule has 0 radical (unpaired) electrons. The minimum atomic E-state index is 0.508. The summed E-state index contributed by atoms with van der Waals surface area (Å²) in [5.74, 6) is 2.03. The lowest BCUT2D eigenvalue weighted by molar-refractivity contribution is 0.573. The topological polar surface area (TPSA) is 53.1 Å². The van der Waals surface area contributed by atoms with Crippen LogP contribution >= 0.6 is 0 Å². The zero-order chi connectivity index (χ0) is 12.2. The number of rotatable bonds is 3. The van der Waals surface area contributed by atoms with E-state index in [1.54, 1.807) is 6.33 Å². The van der Waals surface area contributed by atoms with E-state index in [9.17, 15) is 0 Å². The van der Waals surface area contributed by atoms with Crippen LogP contribution < -0.4 is 15.5 Å². The van der Waals surface area contributed by atoms with Gasteiger partial charge in [-0.05, 0) is 32.2 Å². The fraction of sp³-hybridized carbons (Fsp3) is 0.692. The van der Waals surface area contributed by atoms with Gasteiger partial charge in [0.05, 0.1) is 0 Å². The Morgan fingerprint density at radius 3 is 2.89 bits per heavy atom. The van der Waals surface area contributed by atoms with Crippen molar-refractivity contribution in [3.63, 3.8) is 0 Å². The summed E-state index contributed by atoms with van der Waals surface area (Å²) in [4.78, 5) is 11.1. The zero-order valence-electron chi connectivity index (χ0n) is 10.7. The Hall–Kier alpha value is -1.36. The van der Waals surface area contributed by atoms with Crippen LogP contribution in [0.3, 0.4) is 0 Å². The molecule has 2 saturated heterocycles. The average molecular weight is 247 g/mol. The lowest BCUT2D eigenvalue weighted by Gasteiger charge is -2.27. The largest absolute Gasteiger partial charge is 0.366 e. The number of nitrogens with zero attached hydrogens (tertiary/aromatic N) is 3. The Bertz CT molecular complexity index is 383. The maximum absolute atomic E-state index is 4.40. The normalized spacial score (nSPS) is 24.2. The Kier molecular flexibility index (Phi) is 3.59. The first kappa shape index (κ1) is 11.7. The smallest absolute Gasteiger partial charge is 0.134 e. The van der Waals surface area contributed by atoms with Crippen molar-refractivity contribution in [1.29, 1.82) is 0 Å². The molecule has 2 fully saturated rings. The Morgan fingerprint density at radius 1 is 1.22 bits per heavy atom. The van der Waals surface area contributed by atoms with Crippen molar-refractivity contribution in [2.75, 3.05) is 36.4 Å². The van der Waals surface area contributed by atoms with Crippen molar-refractivity contribution in [1.82, 2.24) is 15.3 Å². The summed E-state index contributed by atoms with van der Waals surface area (Å²) in [7, 11) is 0. The number of aromatic nitrogens is 2. The van der Waals surface area contributed by atoms with Gasteiger partial charge in [-0.1, -0.05) is 0 Å². The molecule has 18 heavy (non-hydrogen) atoms. The van der Waals surface area contributed by atoms with Gasteiger partial charge in [0.15, 0.2) is 0 Å². The lowest BCUT2D eigenvalue weighted by Crippen LogP contribution is -2.30. The lowest BCUT2D eigenvalue weighted by atomic mass is 10.1. The molecule has 0 spiro atoms. The number of piperidine rings is 1. The quantitative estimate of drug-likeness (QED) is 0.841. The van der Waals surface area contributed by atoms with Crippen molar-refractivity contribution >= 4 is 11.6 Å². The Balaban J connectivity index is 1.67. The van der Waals surface area contributed by atoms with E-state index in [1.807, 2.05) is 0 Å². The molecule has 0 aliphatic carbocycles. The monoisotopic (exact) mass is 247 g/mol. The highest BCUT2D eigenvalue weighted by molar-refractivity contribution is 5.49. The molecule has 1 unspecified atom stereocenters. The molecule has 5 heteroatoms. The fourth-order valence-corrected chi connectivity index (χ4v) is 2.71. The number of anilines is 2. The van der Waals surface area contributed by atoms with Gasteiger partial charge in [0.25, 0.3) is 0 Å². The van der Waals surface area contributed by atoms with Crippen molar-refractivity contribution < 1.29 is 0 Å². The third-order valence-corrected chi connectivity index (χ3v) is 3.75. The molecule has 1 aromatic heterocycles. The average Bonchev–Trinajstić information content (AvgIpc) is 2.93. The van der Waals surface area contributed by atoms with Crippen LogP contribution in [-0.4, -0.2) is 42.2 Å². The second-order valence-electron chi connectivity index (χ2n) is 5.14. The molecule has 2 N–H and O–H groups in total. The van der Waals surface area contributed by atoms with Crippen LogP contribution in [0, 0.1) is 0 Å². The van der Waals surface area contributed by atoms with Gasteiger partial charge in [0.1, 0.15) is 18.0 Å². The highest BCUT2D eigenvalue weighted by atomic mass is 15.2. The molecular weight excluding hydrogens is 226 g/mol. The van der Waals surface area contributed by atoms with Crippen LogP contribution in [0.25, 0.3) is 0 Å². The highest BCUT2D eigenvalue weighted by Gasteiger charge is 2.16. The predicted molar refractivity (Wildman–Crippen MR) is 73.0 cm³/mol. The summed E-state index contributed by atoms with van der Waals surface area (Å²) in [6, 6.07) is 2.60. The van der Waals surface area contributed by atoms with E-state index in [-0.39, 0.29) is 0 Å². The summed E-state index contributed by atoms with van der Waals surface area (Å²) >= 11 is 0.